The molecule has 0 bridgehead atoms. The SMILES string of the molecule is CC1CC(C(N)=O)(c2ccnc(/C(N)=N/O)c2)OC1(C)C(F)(F)F. The maximum Gasteiger partial charge on any atom is 0.417 e. The van der Waals surface area contributed by atoms with Crippen molar-refractivity contribution in [3.63, 3.8) is 0 Å². The second-order valence-corrected chi connectivity index (χ2v) is 5.92. The maximum absolute atomic E-state index is 13.4. The van der Waals surface area contributed by atoms with E-state index >= 15 is 0 Å². The molecule has 1 amide bonds. The van der Waals surface area contributed by atoms with Crippen LogP contribution in [0.4, 0.5) is 13.2 Å². The number of aromatic nitrogens is 1. The van der Waals surface area contributed by atoms with E-state index in [0.29, 0.717) is 0 Å². The minimum atomic E-state index is -4.69. The normalized spacial score (nSPS) is 31.2. The number of carbonyl (C=O) groups excluding carboxylic acids is 1. The Kier molecular flexibility index (Phi) is 4.21. The fourth-order valence-electron chi connectivity index (χ4n) is 2.81. The van der Waals surface area contributed by atoms with E-state index in [2.05, 4.69) is 10.1 Å². The summed E-state index contributed by atoms with van der Waals surface area (Å²) in [6, 6.07) is 2.53. The van der Waals surface area contributed by atoms with Crippen LogP contribution in [0.2, 0.25) is 0 Å². The number of pyridine rings is 1. The first-order valence-electron chi connectivity index (χ1n) is 6.99. The van der Waals surface area contributed by atoms with Gasteiger partial charge in [-0.15, -0.1) is 0 Å². The van der Waals surface area contributed by atoms with Crippen molar-refractivity contribution >= 4 is 11.7 Å². The van der Waals surface area contributed by atoms with Crippen molar-refractivity contribution in [3.8, 4) is 0 Å². The molecule has 3 unspecified atom stereocenters. The van der Waals surface area contributed by atoms with Gasteiger partial charge in [0.2, 0.25) is 0 Å². The fraction of sp³-hybridized carbons (Fsp3) is 0.500. The van der Waals surface area contributed by atoms with Crippen molar-refractivity contribution in [2.24, 2.45) is 22.5 Å². The van der Waals surface area contributed by atoms with Crippen LogP contribution in [0.1, 0.15) is 31.5 Å². The molecular weight excluding hydrogens is 329 g/mol. The Morgan fingerprint density at radius 2 is 2.12 bits per heavy atom. The molecule has 0 aliphatic carbocycles. The Bertz CT molecular complexity index is 694. The molecule has 1 fully saturated rings. The van der Waals surface area contributed by atoms with Crippen LogP contribution >= 0.6 is 0 Å². The van der Waals surface area contributed by atoms with E-state index in [-0.39, 0.29) is 23.5 Å². The molecule has 1 aliphatic rings. The lowest BCUT2D eigenvalue weighted by Crippen LogP contribution is -2.49. The standard InChI is InChI=1S/C14H17F3N4O3/c1-7-6-13(11(19)22,24-12(7,2)14(15,16)17)8-3-4-20-9(5-8)10(18)21-23/h3-5,7,23H,6H2,1-2H3,(H2,18,21)(H2,19,22). The molecule has 7 nitrogen and oxygen atoms in total. The molecule has 24 heavy (non-hydrogen) atoms. The number of nitrogens with two attached hydrogens (primary N) is 2. The molecule has 5 N–H and O–H groups in total. The van der Waals surface area contributed by atoms with Crippen molar-refractivity contribution in [1.82, 2.24) is 4.98 Å². The van der Waals surface area contributed by atoms with Crippen LogP contribution in [0.15, 0.2) is 23.5 Å². The van der Waals surface area contributed by atoms with Crippen LogP contribution in [0.3, 0.4) is 0 Å². The molecular formula is C14H17F3N4O3. The molecule has 0 saturated carbocycles. The highest BCUT2D eigenvalue weighted by Crippen LogP contribution is 2.54. The van der Waals surface area contributed by atoms with Crippen molar-refractivity contribution in [3.05, 3.63) is 29.6 Å². The third-order valence-electron chi connectivity index (χ3n) is 4.48. The molecule has 0 radical (unpaired) electrons. The second kappa shape index (κ2) is 5.62. The molecule has 1 aromatic rings. The summed E-state index contributed by atoms with van der Waals surface area (Å²) < 4.78 is 45.5. The molecule has 0 spiro atoms. The number of rotatable bonds is 3. The lowest BCUT2D eigenvalue weighted by atomic mass is 9.83. The summed E-state index contributed by atoms with van der Waals surface area (Å²) in [5.74, 6) is -2.44. The second-order valence-electron chi connectivity index (χ2n) is 5.92. The highest BCUT2D eigenvalue weighted by molar-refractivity contribution is 5.95. The number of primary amides is 1. The van der Waals surface area contributed by atoms with E-state index < -0.39 is 29.2 Å². The van der Waals surface area contributed by atoms with E-state index in [4.69, 9.17) is 21.4 Å². The van der Waals surface area contributed by atoms with Gasteiger partial charge >= 0.3 is 6.18 Å². The minimum Gasteiger partial charge on any atom is -0.409 e. The van der Waals surface area contributed by atoms with Crippen LogP contribution in [-0.4, -0.2) is 33.7 Å². The fourth-order valence-corrected chi connectivity index (χ4v) is 2.81. The molecule has 132 valence electrons. The molecule has 3 atom stereocenters. The highest BCUT2D eigenvalue weighted by Gasteiger charge is 2.66. The summed E-state index contributed by atoms with van der Waals surface area (Å²) in [6.07, 6.45) is -3.74. The number of carbonyl (C=O) groups is 1. The van der Waals surface area contributed by atoms with Gasteiger partial charge in [-0.1, -0.05) is 12.1 Å². The van der Waals surface area contributed by atoms with E-state index in [0.717, 1.165) is 6.92 Å². The van der Waals surface area contributed by atoms with Crippen LogP contribution in [-0.2, 0) is 15.1 Å². The number of ether oxygens (including phenoxy) is 1. The first-order valence-corrected chi connectivity index (χ1v) is 6.99. The highest BCUT2D eigenvalue weighted by atomic mass is 19.4. The topological polar surface area (TPSA) is 124 Å². The van der Waals surface area contributed by atoms with Crippen LogP contribution in [0, 0.1) is 5.92 Å². The summed E-state index contributed by atoms with van der Waals surface area (Å²) in [7, 11) is 0. The lowest BCUT2D eigenvalue weighted by Gasteiger charge is -2.33. The van der Waals surface area contributed by atoms with Crippen LogP contribution in [0.25, 0.3) is 0 Å². The van der Waals surface area contributed by atoms with Crippen LogP contribution < -0.4 is 11.5 Å². The molecule has 10 heteroatoms. The van der Waals surface area contributed by atoms with Crippen molar-refractivity contribution < 1.29 is 27.9 Å². The molecule has 1 aromatic heterocycles. The Hall–Kier alpha value is -2.36. The number of hydrogen-bond acceptors (Lipinski definition) is 5. The Morgan fingerprint density at radius 3 is 2.58 bits per heavy atom. The molecule has 1 saturated heterocycles. The minimum absolute atomic E-state index is 0.0208. The molecule has 0 aromatic carbocycles. The Labute approximate surface area is 135 Å². The summed E-state index contributed by atoms with van der Waals surface area (Å²) in [6.45, 7) is 2.22. The average Bonchev–Trinajstić information content (AvgIpc) is 2.80. The Balaban J connectivity index is 2.58. The number of amides is 1. The quantitative estimate of drug-likeness (QED) is 0.329. The average molecular weight is 346 g/mol. The summed E-state index contributed by atoms with van der Waals surface area (Å²) in [5.41, 5.74) is 6.33. The van der Waals surface area contributed by atoms with Gasteiger partial charge < -0.3 is 21.4 Å². The van der Waals surface area contributed by atoms with Gasteiger partial charge in [0.15, 0.2) is 17.0 Å². The largest absolute Gasteiger partial charge is 0.417 e. The first-order chi connectivity index (χ1) is 11.0. The Morgan fingerprint density at radius 1 is 1.50 bits per heavy atom. The van der Waals surface area contributed by atoms with Gasteiger partial charge in [0, 0.05) is 6.20 Å². The van der Waals surface area contributed by atoms with Gasteiger partial charge in [0.1, 0.15) is 5.69 Å². The number of oxime groups is 1. The number of amidine groups is 1. The molecule has 1 aliphatic heterocycles. The number of nitrogens with zero attached hydrogens (tertiary/aromatic N) is 2. The number of halogens is 3. The molecule has 2 rings (SSSR count). The summed E-state index contributed by atoms with van der Waals surface area (Å²) in [4.78, 5) is 15.9. The van der Waals surface area contributed by atoms with Crippen molar-refractivity contribution in [2.75, 3.05) is 0 Å². The number of hydrogen-bond donors (Lipinski definition) is 3. The van der Waals surface area contributed by atoms with Gasteiger partial charge in [0.25, 0.3) is 5.91 Å². The first kappa shape index (κ1) is 18.0. The number of alkyl halides is 3. The van der Waals surface area contributed by atoms with Gasteiger partial charge in [0.05, 0.1) is 0 Å². The van der Waals surface area contributed by atoms with Crippen molar-refractivity contribution in [1.29, 1.82) is 0 Å². The predicted octanol–water partition coefficient (Wildman–Crippen LogP) is 1.23. The van der Waals surface area contributed by atoms with Crippen molar-refractivity contribution in [2.45, 2.75) is 37.6 Å². The zero-order chi connectivity index (χ0) is 18.3. The summed E-state index contributed by atoms with van der Waals surface area (Å²) in [5, 5.41) is 11.5. The van der Waals surface area contributed by atoms with E-state index in [1.54, 1.807) is 0 Å². The lowest BCUT2D eigenvalue weighted by molar-refractivity contribution is -0.285. The monoisotopic (exact) mass is 346 g/mol. The van der Waals surface area contributed by atoms with E-state index in [1.165, 1.54) is 25.3 Å². The zero-order valence-corrected chi connectivity index (χ0v) is 13.0. The maximum atomic E-state index is 13.4. The van der Waals surface area contributed by atoms with E-state index in [9.17, 15) is 18.0 Å². The third kappa shape index (κ3) is 2.56. The molecule has 2 heterocycles. The predicted molar refractivity (Wildman–Crippen MR) is 76.9 cm³/mol. The van der Waals surface area contributed by atoms with Gasteiger partial charge in [-0.3, -0.25) is 9.78 Å². The smallest absolute Gasteiger partial charge is 0.409 e. The third-order valence-corrected chi connectivity index (χ3v) is 4.48. The van der Waals surface area contributed by atoms with E-state index in [1.807, 2.05) is 0 Å². The van der Waals surface area contributed by atoms with Gasteiger partial charge in [-0.25, -0.2) is 0 Å². The van der Waals surface area contributed by atoms with Gasteiger partial charge in [-0.2, -0.15) is 13.2 Å². The zero-order valence-electron chi connectivity index (χ0n) is 13.0. The summed E-state index contributed by atoms with van der Waals surface area (Å²) >= 11 is 0. The van der Waals surface area contributed by atoms with Gasteiger partial charge in [-0.05, 0) is 37.0 Å². The van der Waals surface area contributed by atoms with Crippen LogP contribution in [0.5, 0.6) is 0 Å².